The van der Waals surface area contributed by atoms with E-state index in [0.29, 0.717) is 30.1 Å². The van der Waals surface area contributed by atoms with E-state index in [-0.39, 0.29) is 24.5 Å². The molecular formula is C20H33N5O4. The maximum Gasteiger partial charge on any atom is 0.330 e. The summed E-state index contributed by atoms with van der Waals surface area (Å²) in [5, 5.41) is 0. The van der Waals surface area contributed by atoms with Crippen LogP contribution in [0.4, 0.5) is 0 Å². The Labute approximate surface area is 170 Å². The van der Waals surface area contributed by atoms with Crippen molar-refractivity contribution in [1.82, 2.24) is 24.0 Å². The van der Waals surface area contributed by atoms with Gasteiger partial charge in [-0.15, -0.1) is 0 Å². The summed E-state index contributed by atoms with van der Waals surface area (Å²) in [6.07, 6.45) is 2.48. The van der Waals surface area contributed by atoms with E-state index in [1.165, 1.54) is 4.57 Å². The number of aromatic amines is 1. The first kappa shape index (κ1) is 22.9. The zero-order valence-electron chi connectivity index (χ0n) is 18.3. The molecule has 2 aromatic heterocycles. The fourth-order valence-electron chi connectivity index (χ4n) is 3.62. The number of esters is 1. The average Bonchev–Trinajstić information content (AvgIpc) is 2.98. The van der Waals surface area contributed by atoms with E-state index < -0.39 is 11.2 Å². The molecule has 0 spiro atoms. The number of unbranched alkanes of at least 4 members (excludes halogenated alkanes) is 1. The molecule has 0 radical (unpaired) electrons. The second-order valence-electron chi connectivity index (χ2n) is 7.88. The van der Waals surface area contributed by atoms with E-state index in [0.717, 1.165) is 19.3 Å². The Balaban J connectivity index is 2.46. The Morgan fingerprint density at radius 2 is 1.83 bits per heavy atom. The van der Waals surface area contributed by atoms with Crippen LogP contribution in [0.5, 0.6) is 0 Å². The fourth-order valence-corrected chi connectivity index (χ4v) is 3.62. The van der Waals surface area contributed by atoms with Crippen molar-refractivity contribution in [3.63, 3.8) is 0 Å². The van der Waals surface area contributed by atoms with Gasteiger partial charge in [-0.05, 0) is 32.9 Å². The van der Waals surface area contributed by atoms with Crippen LogP contribution in [0, 0.1) is 5.92 Å². The number of aryl methyl sites for hydroxylation is 2. The van der Waals surface area contributed by atoms with Gasteiger partial charge in [0.25, 0.3) is 5.56 Å². The van der Waals surface area contributed by atoms with Crippen molar-refractivity contribution < 1.29 is 9.53 Å². The molecule has 9 heteroatoms. The highest BCUT2D eigenvalue weighted by atomic mass is 16.5. The number of H-pyrrole nitrogens is 1. The lowest BCUT2D eigenvalue weighted by molar-refractivity contribution is -0.152. The molecule has 0 saturated heterocycles. The highest BCUT2D eigenvalue weighted by molar-refractivity contribution is 5.76. The molecule has 0 aromatic carbocycles. The lowest BCUT2D eigenvalue weighted by atomic mass is 10.0. The first-order chi connectivity index (χ1) is 13.7. The smallest absolute Gasteiger partial charge is 0.330 e. The summed E-state index contributed by atoms with van der Waals surface area (Å²) in [4.78, 5) is 46.2. The lowest BCUT2D eigenvalue weighted by Crippen LogP contribution is -2.41. The van der Waals surface area contributed by atoms with Crippen molar-refractivity contribution in [2.75, 3.05) is 14.1 Å². The van der Waals surface area contributed by atoms with Gasteiger partial charge in [-0.1, -0.05) is 34.1 Å². The first-order valence-corrected chi connectivity index (χ1v) is 10.3. The van der Waals surface area contributed by atoms with E-state index in [1.807, 2.05) is 46.7 Å². The molecule has 0 bridgehead atoms. The van der Waals surface area contributed by atoms with Crippen LogP contribution in [0.3, 0.4) is 0 Å². The quantitative estimate of drug-likeness (QED) is 0.602. The van der Waals surface area contributed by atoms with E-state index in [1.54, 1.807) is 4.57 Å². The molecule has 29 heavy (non-hydrogen) atoms. The topological polar surface area (TPSA) is 102 Å². The summed E-state index contributed by atoms with van der Waals surface area (Å²) < 4.78 is 8.80. The molecule has 2 rings (SSSR count). The van der Waals surface area contributed by atoms with Gasteiger partial charge in [-0.2, -0.15) is 0 Å². The largest absolute Gasteiger partial charge is 0.456 e. The molecule has 2 heterocycles. The summed E-state index contributed by atoms with van der Waals surface area (Å²) >= 11 is 0. The maximum absolute atomic E-state index is 12.6. The molecule has 1 N–H and O–H groups in total. The van der Waals surface area contributed by atoms with E-state index in [9.17, 15) is 14.4 Å². The zero-order chi connectivity index (χ0) is 21.7. The highest BCUT2D eigenvalue weighted by Crippen LogP contribution is 2.16. The van der Waals surface area contributed by atoms with Crippen molar-refractivity contribution in [2.24, 2.45) is 5.92 Å². The van der Waals surface area contributed by atoms with Gasteiger partial charge in [0.05, 0.1) is 0 Å². The molecule has 0 aliphatic carbocycles. The van der Waals surface area contributed by atoms with Crippen molar-refractivity contribution in [3.05, 3.63) is 26.7 Å². The van der Waals surface area contributed by atoms with Gasteiger partial charge in [0, 0.05) is 13.1 Å². The Morgan fingerprint density at radius 3 is 2.38 bits per heavy atom. The minimum atomic E-state index is -0.468. The number of aromatic nitrogens is 4. The van der Waals surface area contributed by atoms with Crippen LogP contribution < -0.4 is 11.2 Å². The fraction of sp³-hybridized carbons (Fsp3) is 0.700. The number of likely N-dealkylation sites (N-methyl/N-ethyl adjacent to an activating group) is 1. The number of ether oxygens (including phenoxy) is 1. The standard InChI is InChI=1S/C20H33N5O4/c1-7-9-11-25-17-16(18(26)22-20(25)28)24(10-8-2)14(21-17)12-29-19(27)15(13(3)4)23(5)6/h13,15H,7-12H2,1-6H3,(H,22,26,28)/t15-/m1/s1. The molecule has 0 aliphatic heterocycles. The van der Waals surface area contributed by atoms with Gasteiger partial charge in [0.15, 0.2) is 11.2 Å². The zero-order valence-corrected chi connectivity index (χ0v) is 18.3. The molecule has 0 aliphatic rings. The van der Waals surface area contributed by atoms with E-state index >= 15 is 0 Å². The van der Waals surface area contributed by atoms with Gasteiger partial charge in [0.1, 0.15) is 18.5 Å². The van der Waals surface area contributed by atoms with Gasteiger partial charge in [0.2, 0.25) is 0 Å². The molecule has 1 atom stereocenters. The van der Waals surface area contributed by atoms with Crippen molar-refractivity contribution >= 4 is 17.1 Å². The van der Waals surface area contributed by atoms with Crippen LogP contribution in [0.15, 0.2) is 9.59 Å². The summed E-state index contributed by atoms with van der Waals surface area (Å²) in [5.41, 5.74) is -0.237. The predicted molar refractivity (Wildman–Crippen MR) is 112 cm³/mol. The Hall–Kier alpha value is -2.42. The van der Waals surface area contributed by atoms with Crippen LogP contribution in [-0.4, -0.2) is 50.1 Å². The molecule has 0 unspecified atom stereocenters. The van der Waals surface area contributed by atoms with Crippen LogP contribution >= 0.6 is 0 Å². The van der Waals surface area contributed by atoms with Crippen molar-refractivity contribution in [2.45, 2.75) is 72.7 Å². The summed E-state index contributed by atoms with van der Waals surface area (Å²) in [6, 6.07) is -0.370. The Kier molecular flexibility index (Phi) is 7.78. The number of carbonyl (C=O) groups excluding carboxylic acids is 1. The number of hydrogen-bond donors (Lipinski definition) is 1. The lowest BCUT2D eigenvalue weighted by Gasteiger charge is -2.25. The van der Waals surface area contributed by atoms with Gasteiger partial charge < -0.3 is 9.30 Å². The van der Waals surface area contributed by atoms with E-state index in [2.05, 4.69) is 9.97 Å². The second-order valence-corrected chi connectivity index (χ2v) is 7.88. The predicted octanol–water partition coefficient (Wildman–Crippen LogP) is 1.73. The van der Waals surface area contributed by atoms with Crippen LogP contribution in [-0.2, 0) is 29.2 Å². The van der Waals surface area contributed by atoms with Gasteiger partial charge >= 0.3 is 11.7 Å². The number of nitrogens with zero attached hydrogens (tertiary/aromatic N) is 4. The number of fused-ring (bicyclic) bond motifs is 1. The minimum absolute atomic E-state index is 0.0496. The van der Waals surface area contributed by atoms with Crippen LogP contribution in [0.25, 0.3) is 11.2 Å². The normalized spacial score (nSPS) is 12.8. The number of nitrogens with one attached hydrogen (secondary N) is 1. The number of carbonyl (C=O) groups is 1. The molecule has 0 saturated carbocycles. The third-order valence-corrected chi connectivity index (χ3v) is 4.92. The summed E-state index contributed by atoms with van der Waals surface area (Å²) in [5.74, 6) is 0.226. The minimum Gasteiger partial charge on any atom is -0.456 e. The average molecular weight is 408 g/mol. The number of imidazole rings is 1. The molecule has 9 nitrogen and oxygen atoms in total. The summed E-state index contributed by atoms with van der Waals surface area (Å²) in [6.45, 7) is 8.91. The van der Waals surface area contributed by atoms with Crippen molar-refractivity contribution in [3.8, 4) is 0 Å². The van der Waals surface area contributed by atoms with E-state index in [4.69, 9.17) is 4.74 Å². The second kappa shape index (κ2) is 9.87. The van der Waals surface area contributed by atoms with Crippen LogP contribution in [0.1, 0.15) is 52.8 Å². The SMILES string of the molecule is CCCCn1c(=O)[nH]c(=O)c2c1nc(COC(=O)[C@@H](C(C)C)N(C)C)n2CCC. The van der Waals surface area contributed by atoms with Gasteiger partial charge in [-0.25, -0.2) is 9.78 Å². The maximum atomic E-state index is 12.6. The summed E-state index contributed by atoms with van der Waals surface area (Å²) in [7, 11) is 3.68. The molecule has 0 amide bonds. The Bertz CT molecular complexity index is 946. The number of hydrogen-bond acceptors (Lipinski definition) is 6. The molecule has 0 fully saturated rings. The highest BCUT2D eigenvalue weighted by Gasteiger charge is 2.27. The molecule has 2 aromatic rings. The third-order valence-electron chi connectivity index (χ3n) is 4.92. The van der Waals surface area contributed by atoms with Crippen molar-refractivity contribution in [1.29, 1.82) is 0 Å². The molecule has 162 valence electrons. The Morgan fingerprint density at radius 1 is 1.14 bits per heavy atom. The first-order valence-electron chi connectivity index (χ1n) is 10.3. The van der Waals surface area contributed by atoms with Crippen LogP contribution in [0.2, 0.25) is 0 Å². The third kappa shape index (κ3) is 4.95. The van der Waals surface area contributed by atoms with Gasteiger partial charge in [-0.3, -0.25) is 24.0 Å². The molecular weight excluding hydrogens is 374 g/mol. The monoisotopic (exact) mass is 407 g/mol. The number of rotatable bonds is 10.